The fourth-order valence-electron chi connectivity index (χ4n) is 2.90. The van der Waals surface area contributed by atoms with E-state index >= 15 is 0 Å². The summed E-state index contributed by atoms with van der Waals surface area (Å²) in [5, 5.41) is 19.6. The number of aliphatic hydroxyl groups is 1. The normalized spacial score (nSPS) is 12.2. The summed E-state index contributed by atoms with van der Waals surface area (Å²) < 4.78 is 1.89. The number of para-hydroxylation sites is 1. The number of aromatic nitrogens is 2. The van der Waals surface area contributed by atoms with E-state index in [9.17, 15) is 9.90 Å². The van der Waals surface area contributed by atoms with E-state index in [1.807, 2.05) is 48.9 Å². The van der Waals surface area contributed by atoms with Crippen LogP contribution in [-0.2, 0) is 6.54 Å². The van der Waals surface area contributed by atoms with E-state index in [4.69, 9.17) is 0 Å². The Bertz CT molecular complexity index is 709. The molecule has 0 aliphatic heterocycles. The first kappa shape index (κ1) is 19.0. The van der Waals surface area contributed by atoms with Gasteiger partial charge in [-0.25, -0.2) is 9.48 Å². The quantitative estimate of drug-likeness (QED) is 0.722. The third kappa shape index (κ3) is 5.32. The lowest BCUT2D eigenvalue weighted by Gasteiger charge is -2.19. The van der Waals surface area contributed by atoms with Crippen molar-refractivity contribution in [1.29, 1.82) is 0 Å². The van der Waals surface area contributed by atoms with Gasteiger partial charge in [0.2, 0.25) is 0 Å². The first-order chi connectivity index (χ1) is 11.9. The van der Waals surface area contributed by atoms with Crippen LogP contribution in [-0.4, -0.2) is 33.6 Å². The van der Waals surface area contributed by atoms with Gasteiger partial charge in [-0.05, 0) is 43.9 Å². The fraction of sp³-hybridized carbons (Fsp3) is 0.474. The van der Waals surface area contributed by atoms with Gasteiger partial charge in [0, 0.05) is 12.2 Å². The highest BCUT2D eigenvalue weighted by molar-refractivity contribution is 5.74. The molecule has 0 saturated carbocycles. The largest absolute Gasteiger partial charge is 0.394 e. The Morgan fingerprint density at radius 2 is 2.00 bits per heavy atom. The SMILES string of the molecule is Cc1cc(C)n(-c2ccccc2CNC(=O)NC(CO)CC(C)C)n1. The number of hydrogen-bond donors (Lipinski definition) is 3. The minimum atomic E-state index is -0.275. The first-order valence-electron chi connectivity index (χ1n) is 8.67. The van der Waals surface area contributed by atoms with Crippen molar-refractivity contribution in [2.45, 2.75) is 46.7 Å². The summed E-state index contributed by atoms with van der Waals surface area (Å²) in [5.41, 5.74) is 3.94. The van der Waals surface area contributed by atoms with Crippen LogP contribution in [0.3, 0.4) is 0 Å². The van der Waals surface area contributed by atoms with E-state index in [1.54, 1.807) is 0 Å². The van der Waals surface area contributed by atoms with Crippen molar-refractivity contribution in [3.63, 3.8) is 0 Å². The number of nitrogens with zero attached hydrogens (tertiary/aromatic N) is 2. The van der Waals surface area contributed by atoms with Crippen molar-refractivity contribution in [3.05, 3.63) is 47.3 Å². The van der Waals surface area contributed by atoms with Gasteiger partial charge in [-0.15, -0.1) is 0 Å². The van der Waals surface area contributed by atoms with Gasteiger partial charge < -0.3 is 15.7 Å². The number of carbonyl (C=O) groups excluding carboxylic acids is 1. The molecule has 25 heavy (non-hydrogen) atoms. The number of benzene rings is 1. The second kappa shape index (κ2) is 8.67. The maximum Gasteiger partial charge on any atom is 0.315 e. The lowest BCUT2D eigenvalue weighted by molar-refractivity contribution is 0.206. The van der Waals surface area contributed by atoms with Gasteiger partial charge in [0.15, 0.2) is 0 Å². The fourth-order valence-corrected chi connectivity index (χ4v) is 2.90. The third-order valence-electron chi connectivity index (χ3n) is 3.98. The molecule has 1 unspecified atom stereocenters. The summed E-state index contributed by atoms with van der Waals surface area (Å²) in [4.78, 5) is 12.1. The Morgan fingerprint density at radius 1 is 1.28 bits per heavy atom. The first-order valence-corrected chi connectivity index (χ1v) is 8.67. The van der Waals surface area contributed by atoms with Crippen LogP contribution in [0.15, 0.2) is 30.3 Å². The zero-order valence-corrected chi connectivity index (χ0v) is 15.4. The van der Waals surface area contributed by atoms with Gasteiger partial charge in [0.05, 0.1) is 24.0 Å². The molecule has 1 aromatic carbocycles. The molecular formula is C19H28N4O2. The molecular weight excluding hydrogens is 316 g/mol. The topological polar surface area (TPSA) is 79.2 Å². The Kier molecular flexibility index (Phi) is 6.58. The van der Waals surface area contributed by atoms with Crippen LogP contribution in [0.4, 0.5) is 4.79 Å². The number of nitrogens with one attached hydrogen (secondary N) is 2. The van der Waals surface area contributed by atoms with Crippen LogP contribution >= 0.6 is 0 Å². The van der Waals surface area contributed by atoms with Gasteiger partial charge >= 0.3 is 6.03 Å². The molecule has 0 fully saturated rings. The maximum absolute atomic E-state index is 12.1. The molecule has 6 nitrogen and oxygen atoms in total. The highest BCUT2D eigenvalue weighted by Gasteiger charge is 2.14. The van der Waals surface area contributed by atoms with Crippen LogP contribution in [0.2, 0.25) is 0 Å². The number of urea groups is 1. The number of amides is 2. The standard InChI is InChI=1S/C19H28N4O2/c1-13(2)9-17(12-24)21-19(25)20-11-16-7-5-6-8-18(16)23-15(4)10-14(3)22-23/h5-8,10,13,17,24H,9,11-12H2,1-4H3,(H2,20,21,25). The van der Waals surface area contributed by atoms with E-state index in [0.29, 0.717) is 12.5 Å². The molecule has 6 heteroatoms. The molecule has 2 amide bonds. The smallest absolute Gasteiger partial charge is 0.315 e. The second-order valence-corrected chi connectivity index (χ2v) is 6.80. The lowest BCUT2D eigenvalue weighted by atomic mass is 10.0. The third-order valence-corrected chi connectivity index (χ3v) is 3.98. The molecule has 0 radical (unpaired) electrons. The molecule has 1 aromatic heterocycles. The summed E-state index contributed by atoms with van der Waals surface area (Å²) in [7, 11) is 0. The number of aliphatic hydroxyl groups excluding tert-OH is 1. The zero-order chi connectivity index (χ0) is 18.4. The molecule has 1 atom stereocenters. The van der Waals surface area contributed by atoms with E-state index in [-0.39, 0.29) is 18.7 Å². The Labute approximate surface area is 149 Å². The van der Waals surface area contributed by atoms with Crippen molar-refractivity contribution < 1.29 is 9.90 Å². The molecule has 0 aliphatic carbocycles. The predicted molar refractivity (Wildman–Crippen MR) is 98.7 cm³/mol. The molecule has 0 bridgehead atoms. The summed E-state index contributed by atoms with van der Waals surface area (Å²) >= 11 is 0. The number of rotatable bonds is 7. The number of carbonyl (C=O) groups is 1. The molecule has 0 saturated heterocycles. The second-order valence-electron chi connectivity index (χ2n) is 6.80. The van der Waals surface area contributed by atoms with Gasteiger partial charge in [-0.2, -0.15) is 5.10 Å². The lowest BCUT2D eigenvalue weighted by Crippen LogP contribution is -2.44. The molecule has 2 aromatic rings. The van der Waals surface area contributed by atoms with Crippen LogP contribution in [0.1, 0.15) is 37.2 Å². The van der Waals surface area contributed by atoms with E-state index in [0.717, 1.165) is 29.1 Å². The van der Waals surface area contributed by atoms with Crippen molar-refractivity contribution in [2.75, 3.05) is 6.61 Å². The highest BCUT2D eigenvalue weighted by atomic mass is 16.3. The van der Waals surface area contributed by atoms with Crippen molar-refractivity contribution in [3.8, 4) is 5.69 Å². The molecule has 0 spiro atoms. The van der Waals surface area contributed by atoms with E-state index in [2.05, 4.69) is 29.6 Å². The van der Waals surface area contributed by atoms with E-state index < -0.39 is 0 Å². The summed E-state index contributed by atoms with van der Waals surface area (Å²) in [5.74, 6) is 0.407. The molecule has 0 aliphatic rings. The van der Waals surface area contributed by atoms with E-state index in [1.165, 1.54) is 0 Å². The Hall–Kier alpha value is -2.34. The summed E-state index contributed by atoms with van der Waals surface area (Å²) in [6.07, 6.45) is 0.742. The molecule has 1 heterocycles. The van der Waals surface area contributed by atoms with Crippen LogP contribution in [0, 0.1) is 19.8 Å². The number of hydrogen-bond acceptors (Lipinski definition) is 3. The van der Waals surface area contributed by atoms with Crippen molar-refractivity contribution in [2.24, 2.45) is 5.92 Å². The average Bonchev–Trinajstić information content (AvgIpc) is 2.90. The van der Waals surface area contributed by atoms with Gasteiger partial charge in [-0.1, -0.05) is 32.0 Å². The van der Waals surface area contributed by atoms with Crippen LogP contribution in [0.25, 0.3) is 5.69 Å². The monoisotopic (exact) mass is 344 g/mol. The number of aryl methyl sites for hydroxylation is 2. The minimum absolute atomic E-state index is 0.0616. The summed E-state index contributed by atoms with van der Waals surface area (Å²) in [6, 6.07) is 9.38. The van der Waals surface area contributed by atoms with Gasteiger partial charge in [0.25, 0.3) is 0 Å². The van der Waals surface area contributed by atoms with Gasteiger partial charge in [-0.3, -0.25) is 0 Å². The zero-order valence-electron chi connectivity index (χ0n) is 15.4. The minimum Gasteiger partial charge on any atom is -0.394 e. The summed E-state index contributed by atoms with van der Waals surface area (Å²) in [6.45, 7) is 8.42. The van der Waals surface area contributed by atoms with Crippen LogP contribution in [0.5, 0.6) is 0 Å². The van der Waals surface area contributed by atoms with Crippen molar-refractivity contribution >= 4 is 6.03 Å². The predicted octanol–water partition coefficient (Wildman–Crippen LogP) is 2.70. The highest BCUT2D eigenvalue weighted by Crippen LogP contribution is 2.16. The van der Waals surface area contributed by atoms with Gasteiger partial charge in [0.1, 0.15) is 0 Å². The molecule has 3 N–H and O–H groups in total. The Balaban J connectivity index is 2.04. The maximum atomic E-state index is 12.1. The van der Waals surface area contributed by atoms with Crippen molar-refractivity contribution in [1.82, 2.24) is 20.4 Å². The molecule has 2 rings (SSSR count). The van der Waals surface area contributed by atoms with Crippen LogP contribution < -0.4 is 10.6 Å². The average molecular weight is 344 g/mol. The molecule has 136 valence electrons. The Morgan fingerprint density at radius 3 is 2.60 bits per heavy atom.